The fraction of sp³-hybridized carbons (Fsp3) is 0.333. The Morgan fingerprint density at radius 3 is 3.00 bits per heavy atom. The Morgan fingerprint density at radius 1 is 1.43 bits per heavy atom. The molecule has 3 heterocycles. The van der Waals surface area contributed by atoms with E-state index >= 15 is 0 Å². The molecule has 1 aliphatic rings. The largest absolute Gasteiger partial charge is 0.463 e. The van der Waals surface area contributed by atoms with Gasteiger partial charge in [-0.2, -0.15) is 5.10 Å². The van der Waals surface area contributed by atoms with Crippen molar-refractivity contribution in [2.45, 2.75) is 26.2 Å². The number of aromatic nitrogens is 4. The molecule has 0 atom stereocenters. The lowest BCUT2D eigenvalue weighted by Gasteiger charge is -2.04. The van der Waals surface area contributed by atoms with E-state index in [4.69, 9.17) is 4.42 Å². The number of hydrogen-bond donors (Lipinski definition) is 0. The molecule has 0 amide bonds. The number of carbonyl (C=O) groups excluding carboxylic acids is 1. The van der Waals surface area contributed by atoms with Crippen molar-refractivity contribution in [2.75, 3.05) is 0 Å². The van der Waals surface area contributed by atoms with E-state index in [-0.39, 0.29) is 11.7 Å². The first-order valence-electron chi connectivity index (χ1n) is 7.00. The van der Waals surface area contributed by atoms with E-state index in [1.807, 2.05) is 13.0 Å². The molecule has 3 aromatic heterocycles. The van der Waals surface area contributed by atoms with Crippen molar-refractivity contribution in [3.63, 3.8) is 0 Å². The van der Waals surface area contributed by atoms with E-state index in [2.05, 4.69) is 15.1 Å². The van der Waals surface area contributed by atoms with Crippen LogP contribution in [-0.4, -0.2) is 25.4 Å². The van der Waals surface area contributed by atoms with Gasteiger partial charge in [-0.25, -0.2) is 14.5 Å². The molecule has 0 spiro atoms. The summed E-state index contributed by atoms with van der Waals surface area (Å²) in [6, 6.07) is 3.64. The second kappa shape index (κ2) is 4.51. The van der Waals surface area contributed by atoms with Gasteiger partial charge in [-0.05, 0) is 31.9 Å². The van der Waals surface area contributed by atoms with Crippen molar-refractivity contribution in [3.05, 3.63) is 36.1 Å². The molecule has 0 aliphatic heterocycles. The van der Waals surface area contributed by atoms with Gasteiger partial charge in [0, 0.05) is 5.92 Å². The van der Waals surface area contributed by atoms with Crippen molar-refractivity contribution in [1.29, 1.82) is 0 Å². The number of carbonyl (C=O) groups is 1. The van der Waals surface area contributed by atoms with Crippen LogP contribution >= 0.6 is 0 Å². The zero-order valence-electron chi connectivity index (χ0n) is 11.6. The molecular formula is C15H14N4O2. The van der Waals surface area contributed by atoms with Gasteiger partial charge in [0.05, 0.1) is 24.6 Å². The SMILES string of the molecule is Cc1nc2c(-c3ccco3)nc(CC(=O)C3CC3)cn2n1. The molecule has 1 aliphatic carbocycles. The third-order valence-corrected chi connectivity index (χ3v) is 3.62. The molecule has 6 heteroatoms. The Morgan fingerprint density at radius 2 is 2.29 bits per heavy atom. The summed E-state index contributed by atoms with van der Waals surface area (Å²) in [5.74, 6) is 1.78. The Labute approximate surface area is 120 Å². The summed E-state index contributed by atoms with van der Waals surface area (Å²) in [5.41, 5.74) is 1.97. The smallest absolute Gasteiger partial charge is 0.185 e. The molecule has 0 saturated heterocycles. The number of furan rings is 1. The molecule has 0 aromatic carbocycles. The summed E-state index contributed by atoms with van der Waals surface area (Å²) in [6.07, 6.45) is 5.73. The molecule has 1 saturated carbocycles. The Balaban J connectivity index is 1.82. The lowest BCUT2D eigenvalue weighted by Crippen LogP contribution is -2.08. The van der Waals surface area contributed by atoms with Crippen LogP contribution < -0.4 is 0 Å². The van der Waals surface area contributed by atoms with Gasteiger partial charge in [0.15, 0.2) is 17.1 Å². The third-order valence-electron chi connectivity index (χ3n) is 3.62. The van der Waals surface area contributed by atoms with Gasteiger partial charge >= 0.3 is 0 Å². The van der Waals surface area contributed by atoms with E-state index in [9.17, 15) is 4.79 Å². The van der Waals surface area contributed by atoms with Gasteiger partial charge in [0.25, 0.3) is 0 Å². The predicted molar refractivity (Wildman–Crippen MR) is 74.7 cm³/mol. The van der Waals surface area contributed by atoms with Crippen LogP contribution in [0.25, 0.3) is 17.1 Å². The molecule has 0 N–H and O–H groups in total. The number of rotatable bonds is 4. The van der Waals surface area contributed by atoms with Crippen molar-refractivity contribution in [3.8, 4) is 11.5 Å². The average molecular weight is 282 g/mol. The van der Waals surface area contributed by atoms with Crippen molar-refractivity contribution in [1.82, 2.24) is 19.6 Å². The minimum atomic E-state index is 0.229. The Hall–Kier alpha value is -2.50. The molecule has 21 heavy (non-hydrogen) atoms. The molecule has 4 rings (SSSR count). The molecule has 0 radical (unpaired) electrons. The zero-order chi connectivity index (χ0) is 14.4. The lowest BCUT2D eigenvalue weighted by atomic mass is 10.1. The second-order valence-corrected chi connectivity index (χ2v) is 5.40. The molecule has 106 valence electrons. The van der Waals surface area contributed by atoms with Crippen LogP contribution in [0.5, 0.6) is 0 Å². The Kier molecular flexibility index (Phi) is 2.63. The fourth-order valence-corrected chi connectivity index (χ4v) is 2.44. The van der Waals surface area contributed by atoms with Gasteiger partial charge in [-0.3, -0.25) is 4.79 Å². The third kappa shape index (κ3) is 2.22. The van der Waals surface area contributed by atoms with Crippen LogP contribution in [0, 0.1) is 12.8 Å². The maximum atomic E-state index is 12.0. The highest BCUT2D eigenvalue weighted by Crippen LogP contribution is 2.31. The van der Waals surface area contributed by atoms with Gasteiger partial charge in [-0.15, -0.1) is 0 Å². The normalized spacial score (nSPS) is 14.7. The minimum absolute atomic E-state index is 0.229. The first-order valence-corrected chi connectivity index (χ1v) is 7.00. The minimum Gasteiger partial charge on any atom is -0.463 e. The maximum Gasteiger partial charge on any atom is 0.185 e. The molecule has 0 bridgehead atoms. The van der Waals surface area contributed by atoms with Crippen molar-refractivity contribution < 1.29 is 9.21 Å². The van der Waals surface area contributed by atoms with E-state index in [1.165, 1.54) is 0 Å². The summed E-state index contributed by atoms with van der Waals surface area (Å²) in [6.45, 7) is 1.83. The number of nitrogens with zero attached hydrogens (tertiary/aromatic N) is 4. The van der Waals surface area contributed by atoms with Crippen LogP contribution in [0.1, 0.15) is 24.4 Å². The molecule has 6 nitrogen and oxygen atoms in total. The summed E-state index contributed by atoms with van der Waals surface area (Å²) < 4.78 is 7.10. The number of hydrogen-bond acceptors (Lipinski definition) is 5. The summed E-state index contributed by atoms with van der Waals surface area (Å²) in [7, 11) is 0. The molecule has 1 fully saturated rings. The van der Waals surface area contributed by atoms with Crippen LogP contribution in [0.2, 0.25) is 0 Å². The fourth-order valence-electron chi connectivity index (χ4n) is 2.44. The monoisotopic (exact) mass is 282 g/mol. The van der Waals surface area contributed by atoms with Gasteiger partial charge in [0.1, 0.15) is 11.6 Å². The average Bonchev–Trinajstić information content (AvgIpc) is 3.03. The predicted octanol–water partition coefficient (Wildman–Crippen LogP) is 2.21. The van der Waals surface area contributed by atoms with E-state index < -0.39 is 0 Å². The van der Waals surface area contributed by atoms with E-state index in [0.29, 0.717) is 35.0 Å². The van der Waals surface area contributed by atoms with Gasteiger partial charge in [-0.1, -0.05) is 0 Å². The van der Waals surface area contributed by atoms with E-state index in [1.54, 1.807) is 23.0 Å². The quantitative estimate of drug-likeness (QED) is 0.733. The van der Waals surface area contributed by atoms with Crippen molar-refractivity contribution in [2.24, 2.45) is 5.92 Å². The van der Waals surface area contributed by atoms with Gasteiger partial charge < -0.3 is 4.42 Å². The van der Waals surface area contributed by atoms with Crippen LogP contribution in [-0.2, 0) is 11.2 Å². The maximum absolute atomic E-state index is 12.0. The van der Waals surface area contributed by atoms with Crippen LogP contribution in [0.4, 0.5) is 0 Å². The first-order chi connectivity index (χ1) is 10.2. The topological polar surface area (TPSA) is 73.3 Å². The molecule has 3 aromatic rings. The second-order valence-electron chi connectivity index (χ2n) is 5.40. The first kappa shape index (κ1) is 12.3. The van der Waals surface area contributed by atoms with Crippen LogP contribution in [0.3, 0.4) is 0 Å². The lowest BCUT2D eigenvalue weighted by molar-refractivity contribution is -0.119. The highest BCUT2D eigenvalue weighted by molar-refractivity contribution is 5.85. The highest BCUT2D eigenvalue weighted by Gasteiger charge is 2.29. The molecule has 0 unspecified atom stereocenters. The number of fused-ring (bicyclic) bond motifs is 1. The highest BCUT2D eigenvalue weighted by atomic mass is 16.3. The summed E-state index contributed by atoms with van der Waals surface area (Å²) in [4.78, 5) is 21.0. The summed E-state index contributed by atoms with van der Waals surface area (Å²) in [5, 5.41) is 4.32. The zero-order valence-corrected chi connectivity index (χ0v) is 11.6. The summed E-state index contributed by atoms with van der Waals surface area (Å²) >= 11 is 0. The number of aryl methyl sites for hydroxylation is 1. The van der Waals surface area contributed by atoms with Crippen molar-refractivity contribution >= 4 is 11.4 Å². The Bertz CT molecular complexity index is 816. The van der Waals surface area contributed by atoms with E-state index in [0.717, 1.165) is 12.8 Å². The standard InChI is InChI=1S/C15H14N4O2/c1-9-16-15-14(13-3-2-6-21-13)17-11(8-19(15)18-9)7-12(20)10-4-5-10/h2-3,6,8,10H,4-5,7H2,1H3. The van der Waals surface area contributed by atoms with Gasteiger partial charge in [0.2, 0.25) is 0 Å². The molecular weight excluding hydrogens is 268 g/mol. The number of ketones is 1. The van der Waals surface area contributed by atoms with Crippen LogP contribution in [0.15, 0.2) is 29.0 Å². The number of Topliss-reactive ketones (excluding diaryl/α,β-unsaturated/α-hetero) is 1.